The number of aliphatic carboxylic acids is 1. The van der Waals surface area contributed by atoms with E-state index >= 15 is 0 Å². The first kappa shape index (κ1) is 19.2. The Morgan fingerprint density at radius 2 is 2.24 bits per heavy atom. The molecule has 1 saturated heterocycles. The summed E-state index contributed by atoms with van der Waals surface area (Å²) in [4.78, 5) is 13.3. The quantitative estimate of drug-likeness (QED) is 0.623. The Morgan fingerprint density at radius 1 is 1.41 bits per heavy atom. The van der Waals surface area contributed by atoms with E-state index in [0.717, 1.165) is 37.8 Å². The fourth-order valence-corrected chi connectivity index (χ4v) is 6.88. The number of likely N-dealkylation sites (N-methyl/N-ethyl adjacent to an activating group) is 1. The van der Waals surface area contributed by atoms with E-state index in [4.69, 9.17) is 14.6 Å². The summed E-state index contributed by atoms with van der Waals surface area (Å²) in [5, 5.41) is 23.1. The first-order chi connectivity index (χ1) is 13.9. The first-order valence-corrected chi connectivity index (χ1v) is 10.7. The van der Waals surface area contributed by atoms with Gasteiger partial charge in [-0.2, -0.15) is 0 Å². The average molecular weight is 402 g/mol. The molecule has 2 fully saturated rings. The Balaban J connectivity index is 1.57. The molecule has 2 bridgehead atoms. The summed E-state index contributed by atoms with van der Waals surface area (Å²) in [5.74, 6) is 0.0765. The SMILES string of the molecule is CO[C@@]12CC[C@@H](NCCCC(=O)O)[C@@H]3Oc4c(O)ccc5c4[C@@]31CCN(C)C2C5. The van der Waals surface area contributed by atoms with Crippen molar-refractivity contribution in [2.45, 2.75) is 67.7 Å². The number of carbonyl (C=O) groups is 1. The summed E-state index contributed by atoms with van der Waals surface area (Å²) in [6, 6.07) is 4.20. The van der Waals surface area contributed by atoms with Crippen LogP contribution in [-0.2, 0) is 21.4 Å². The minimum atomic E-state index is -0.767. The third-order valence-electron chi connectivity index (χ3n) is 8.03. The summed E-state index contributed by atoms with van der Waals surface area (Å²) in [6.07, 6.45) is 4.29. The van der Waals surface area contributed by atoms with Crippen molar-refractivity contribution in [1.82, 2.24) is 10.2 Å². The molecule has 5 atom stereocenters. The van der Waals surface area contributed by atoms with Crippen LogP contribution in [0.2, 0.25) is 0 Å². The number of carboxylic acid groups (broad SMARTS) is 1. The minimum Gasteiger partial charge on any atom is -0.504 e. The second-order valence-electron chi connectivity index (χ2n) is 9.10. The maximum atomic E-state index is 10.9. The highest BCUT2D eigenvalue weighted by Gasteiger charge is 2.73. The molecule has 2 aliphatic carbocycles. The summed E-state index contributed by atoms with van der Waals surface area (Å²) in [7, 11) is 4.02. The molecule has 1 aromatic carbocycles. The van der Waals surface area contributed by atoms with Crippen molar-refractivity contribution in [2.75, 3.05) is 27.2 Å². The van der Waals surface area contributed by atoms with Crippen LogP contribution in [0.1, 0.15) is 43.2 Å². The molecule has 1 aromatic rings. The largest absolute Gasteiger partial charge is 0.504 e. The predicted molar refractivity (Wildman–Crippen MR) is 107 cm³/mol. The van der Waals surface area contributed by atoms with Crippen LogP contribution < -0.4 is 10.1 Å². The normalized spacial score (nSPS) is 37.1. The molecule has 2 heterocycles. The molecule has 1 spiro atoms. The molecule has 158 valence electrons. The lowest BCUT2D eigenvalue weighted by molar-refractivity contribution is -0.203. The zero-order valence-corrected chi connectivity index (χ0v) is 17.1. The van der Waals surface area contributed by atoms with E-state index in [1.807, 2.05) is 7.11 Å². The molecule has 3 N–H and O–H groups in total. The van der Waals surface area contributed by atoms with Crippen LogP contribution in [0.15, 0.2) is 12.1 Å². The molecule has 1 unspecified atom stereocenters. The smallest absolute Gasteiger partial charge is 0.303 e. The second kappa shape index (κ2) is 6.59. The number of nitrogens with one attached hydrogen (secondary N) is 1. The second-order valence-corrected chi connectivity index (χ2v) is 9.10. The molecule has 2 aliphatic heterocycles. The number of benzene rings is 1. The topological polar surface area (TPSA) is 91.3 Å². The molecule has 1 saturated carbocycles. The number of phenolic OH excluding ortho intramolecular Hbond substituents is 1. The molecule has 5 rings (SSSR count). The number of likely N-dealkylation sites (tertiary alicyclic amines) is 1. The van der Waals surface area contributed by atoms with Gasteiger partial charge in [-0.05, 0) is 63.9 Å². The molecule has 7 nitrogen and oxygen atoms in total. The summed E-state index contributed by atoms with van der Waals surface area (Å²) in [6.45, 7) is 1.61. The van der Waals surface area contributed by atoms with E-state index in [-0.39, 0.29) is 41.4 Å². The van der Waals surface area contributed by atoms with Crippen molar-refractivity contribution >= 4 is 5.97 Å². The summed E-state index contributed by atoms with van der Waals surface area (Å²) >= 11 is 0. The molecule has 29 heavy (non-hydrogen) atoms. The van der Waals surface area contributed by atoms with E-state index in [2.05, 4.69) is 23.3 Å². The molecule has 0 aromatic heterocycles. The van der Waals surface area contributed by atoms with Crippen LogP contribution in [0.3, 0.4) is 0 Å². The third kappa shape index (κ3) is 2.38. The fraction of sp³-hybridized carbons (Fsp3) is 0.682. The number of hydrogen-bond acceptors (Lipinski definition) is 6. The first-order valence-electron chi connectivity index (χ1n) is 10.7. The van der Waals surface area contributed by atoms with Gasteiger partial charge in [-0.15, -0.1) is 0 Å². The van der Waals surface area contributed by atoms with Gasteiger partial charge < -0.3 is 29.9 Å². The maximum absolute atomic E-state index is 10.9. The van der Waals surface area contributed by atoms with E-state index < -0.39 is 5.97 Å². The van der Waals surface area contributed by atoms with Gasteiger partial charge in [0.05, 0.1) is 11.0 Å². The number of aromatic hydroxyl groups is 1. The molecule has 0 amide bonds. The van der Waals surface area contributed by atoms with Gasteiger partial charge in [0.15, 0.2) is 11.5 Å². The van der Waals surface area contributed by atoms with Gasteiger partial charge in [-0.25, -0.2) is 0 Å². The van der Waals surface area contributed by atoms with Crippen LogP contribution in [-0.4, -0.2) is 72.1 Å². The van der Waals surface area contributed by atoms with Crippen LogP contribution in [0.4, 0.5) is 0 Å². The van der Waals surface area contributed by atoms with Crippen molar-refractivity contribution in [3.05, 3.63) is 23.3 Å². The zero-order chi connectivity index (χ0) is 20.4. The van der Waals surface area contributed by atoms with Crippen LogP contribution in [0.5, 0.6) is 11.5 Å². The lowest BCUT2D eigenvalue weighted by Gasteiger charge is -2.65. The lowest BCUT2D eigenvalue weighted by Crippen LogP contribution is -2.78. The van der Waals surface area contributed by atoms with Gasteiger partial charge in [0.25, 0.3) is 0 Å². The van der Waals surface area contributed by atoms with Crippen LogP contribution in [0, 0.1) is 0 Å². The van der Waals surface area contributed by atoms with Crippen molar-refractivity contribution in [1.29, 1.82) is 0 Å². The van der Waals surface area contributed by atoms with Gasteiger partial charge in [0.1, 0.15) is 6.10 Å². The van der Waals surface area contributed by atoms with Gasteiger partial charge in [0, 0.05) is 31.2 Å². The number of methoxy groups -OCH3 is 1. The maximum Gasteiger partial charge on any atom is 0.303 e. The van der Waals surface area contributed by atoms with E-state index in [1.165, 1.54) is 5.56 Å². The number of piperidine rings is 1. The highest BCUT2D eigenvalue weighted by Crippen LogP contribution is 2.66. The van der Waals surface area contributed by atoms with Crippen LogP contribution in [0.25, 0.3) is 0 Å². The number of hydrogen-bond donors (Lipinski definition) is 3. The summed E-state index contributed by atoms with van der Waals surface area (Å²) < 4.78 is 12.9. The predicted octanol–water partition coefficient (Wildman–Crippen LogP) is 1.65. The molecule has 4 aliphatic rings. The lowest BCUT2D eigenvalue weighted by atomic mass is 9.48. The monoisotopic (exact) mass is 402 g/mol. The van der Waals surface area contributed by atoms with Crippen molar-refractivity contribution in [3.8, 4) is 11.5 Å². The number of rotatable bonds is 6. The van der Waals surface area contributed by atoms with E-state index in [1.54, 1.807) is 6.07 Å². The zero-order valence-electron chi connectivity index (χ0n) is 17.1. The van der Waals surface area contributed by atoms with Gasteiger partial charge in [-0.1, -0.05) is 6.07 Å². The Kier molecular flexibility index (Phi) is 4.35. The Labute approximate surface area is 171 Å². The number of nitrogens with zero attached hydrogens (tertiary/aromatic N) is 1. The van der Waals surface area contributed by atoms with Crippen molar-refractivity contribution in [3.63, 3.8) is 0 Å². The van der Waals surface area contributed by atoms with Gasteiger partial charge in [0.2, 0.25) is 0 Å². The Morgan fingerprint density at radius 3 is 3.00 bits per heavy atom. The summed E-state index contributed by atoms with van der Waals surface area (Å²) in [5.41, 5.74) is 1.79. The Bertz CT molecular complexity index is 845. The standard InChI is InChI=1S/C22H30N2O5/c1-24-11-9-21-18-13-5-6-15(25)19(18)29-20(21)14(23-10-3-4-17(26)27)7-8-22(21,28-2)16(24)12-13/h5-6,14,16,20,23,25H,3-4,7-12H2,1-2H3,(H,26,27)/t14-,16?,20+,21+,22-/m1/s1. The fourth-order valence-electron chi connectivity index (χ4n) is 6.88. The van der Waals surface area contributed by atoms with Gasteiger partial charge in [-0.3, -0.25) is 4.79 Å². The molecular weight excluding hydrogens is 372 g/mol. The number of carboxylic acids is 1. The van der Waals surface area contributed by atoms with E-state index in [0.29, 0.717) is 18.7 Å². The molecule has 0 radical (unpaired) electrons. The van der Waals surface area contributed by atoms with Gasteiger partial charge >= 0.3 is 5.97 Å². The minimum absolute atomic E-state index is 0.105. The average Bonchev–Trinajstić information content (AvgIpc) is 3.06. The third-order valence-corrected chi connectivity index (χ3v) is 8.03. The Hall–Kier alpha value is -1.83. The van der Waals surface area contributed by atoms with E-state index in [9.17, 15) is 9.90 Å². The van der Waals surface area contributed by atoms with Crippen molar-refractivity contribution in [2.24, 2.45) is 0 Å². The van der Waals surface area contributed by atoms with Crippen molar-refractivity contribution < 1.29 is 24.5 Å². The molecule has 7 heteroatoms. The highest BCUT2D eigenvalue weighted by atomic mass is 16.5. The van der Waals surface area contributed by atoms with Crippen LogP contribution >= 0.6 is 0 Å². The number of phenols is 1. The molecular formula is C22H30N2O5. The number of ether oxygens (including phenoxy) is 2. The highest BCUT2D eigenvalue weighted by molar-refractivity contribution is 5.66.